The van der Waals surface area contributed by atoms with E-state index in [1.807, 2.05) is 60.8 Å². The molecule has 4 nitrogen and oxygen atoms in total. The Labute approximate surface area is 150 Å². The molecule has 0 aliphatic carbocycles. The Hall–Kier alpha value is -2.98. The average Bonchev–Trinajstić information content (AvgIpc) is 2.67. The van der Waals surface area contributed by atoms with E-state index in [1.165, 1.54) is 0 Å². The van der Waals surface area contributed by atoms with Crippen LogP contribution >= 0.6 is 11.6 Å². The van der Waals surface area contributed by atoms with Gasteiger partial charge in [-0.05, 0) is 42.0 Å². The molecule has 0 spiro atoms. The number of aromatic nitrogens is 3. The van der Waals surface area contributed by atoms with Gasteiger partial charge in [0.05, 0.1) is 11.2 Å². The van der Waals surface area contributed by atoms with Crippen LogP contribution in [0.15, 0.2) is 73.2 Å². The molecule has 122 valence electrons. The number of rotatable bonds is 4. The SMILES string of the molecule is Clc1ccc(-c2cc3ncccc3c(NCc3cccnc3)n2)cc1. The number of pyridine rings is 3. The highest BCUT2D eigenvalue weighted by molar-refractivity contribution is 6.30. The molecule has 0 amide bonds. The number of benzene rings is 1. The fourth-order valence-electron chi connectivity index (χ4n) is 2.67. The van der Waals surface area contributed by atoms with Gasteiger partial charge in [-0.1, -0.05) is 29.8 Å². The molecular weight excluding hydrogens is 332 g/mol. The predicted octanol–water partition coefficient (Wildman–Crippen LogP) is 4.96. The number of nitrogens with one attached hydrogen (secondary N) is 1. The predicted molar refractivity (Wildman–Crippen MR) is 102 cm³/mol. The van der Waals surface area contributed by atoms with E-state index in [1.54, 1.807) is 12.4 Å². The van der Waals surface area contributed by atoms with Gasteiger partial charge in [0.2, 0.25) is 0 Å². The summed E-state index contributed by atoms with van der Waals surface area (Å²) in [5.41, 5.74) is 3.85. The van der Waals surface area contributed by atoms with Crippen LogP contribution in [0.4, 0.5) is 5.82 Å². The lowest BCUT2D eigenvalue weighted by Gasteiger charge is -2.11. The smallest absolute Gasteiger partial charge is 0.136 e. The van der Waals surface area contributed by atoms with Gasteiger partial charge < -0.3 is 5.32 Å². The zero-order valence-corrected chi connectivity index (χ0v) is 14.1. The average molecular weight is 347 g/mol. The van der Waals surface area contributed by atoms with E-state index in [-0.39, 0.29) is 0 Å². The lowest BCUT2D eigenvalue weighted by molar-refractivity contribution is 1.09. The molecule has 1 N–H and O–H groups in total. The van der Waals surface area contributed by atoms with Crippen molar-refractivity contribution in [1.29, 1.82) is 0 Å². The van der Waals surface area contributed by atoms with Crippen molar-refractivity contribution < 1.29 is 0 Å². The van der Waals surface area contributed by atoms with Crippen molar-refractivity contribution in [2.75, 3.05) is 5.32 Å². The van der Waals surface area contributed by atoms with Crippen LogP contribution < -0.4 is 5.32 Å². The first-order valence-corrected chi connectivity index (χ1v) is 8.32. The number of hydrogen-bond acceptors (Lipinski definition) is 4. The topological polar surface area (TPSA) is 50.7 Å². The summed E-state index contributed by atoms with van der Waals surface area (Å²) in [6.45, 7) is 0.648. The number of hydrogen-bond donors (Lipinski definition) is 1. The van der Waals surface area contributed by atoms with Gasteiger partial charge in [0.15, 0.2) is 0 Å². The molecule has 5 heteroatoms. The van der Waals surface area contributed by atoms with Gasteiger partial charge in [-0.15, -0.1) is 0 Å². The van der Waals surface area contributed by atoms with E-state index < -0.39 is 0 Å². The molecule has 0 saturated carbocycles. The van der Waals surface area contributed by atoms with Crippen molar-refractivity contribution >= 4 is 28.3 Å². The number of nitrogens with zero attached hydrogens (tertiary/aromatic N) is 3. The Balaban J connectivity index is 1.74. The summed E-state index contributed by atoms with van der Waals surface area (Å²) in [5.74, 6) is 0.805. The van der Waals surface area contributed by atoms with Crippen molar-refractivity contribution in [3.63, 3.8) is 0 Å². The van der Waals surface area contributed by atoms with Gasteiger partial charge in [0.25, 0.3) is 0 Å². The third kappa shape index (κ3) is 3.44. The number of anilines is 1. The maximum absolute atomic E-state index is 5.99. The van der Waals surface area contributed by atoms with E-state index in [9.17, 15) is 0 Å². The van der Waals surface area contributed by atoms with Crippen LogP contribution in [-0.2, 0) is 6.54 Å². The van der Waals surface area contributed by atoms with E-state index in [4.69, 9.17) is 16.6 Å². The third-order valence-electron chi connectivity index (χ3n) is 3.92. The molecular formula is C20H15ClN4. The minimum atomic E-state index is 0.648. The summed E-state index contributed by atoms with van der Waals surface area (Å²) >= 11 is 5.99. The molecule has 1 aromatic carbocycles. The second-order valence-corrected chi connectivity index (χ2v) is 6.08. The maximum Gasteiger partial charge on any atom is 0.136 e. The van der Waals surface area contributed by atoms with Gasteiger partial charge in [-0.25, -0.2) is 4.98 Å². The van der Waals surface area contributed by atoms with E-state index in [2.05, 4.69) is 15.3 Å². The van der Waals surface area contributed by atoms with Crippen LogP contribution in [0.1, 0.15) is 5.56 Å². The molecule has 4 aromatic rings. The Morgan fingerprint density at radius 3 is 2.60 bits per heavy atom. The Morgan fingerprint density at radius 2 is 1.80 bits per heavy atom. The summed E-state index contributed by atoms with van der Waals surface area (Å²) in [4.78, 5) is 13.4. The molecule has 0 radical (unpaired) electrons. The molecule has 0 atom stereocenters. The van der Waals surface area contributed by atoms with Crippen LogP contribution in [0.3, 0.4) is 0 Å². The lowest BCUT2D eigenvalue weighted by Crippen LogP contribution is -2.03. The molecule has 25 heavy (non-hydrogen) atoms. The molecule has 0 bridgehead atoms. The Kier molecular flexibility index (Phi) is 4.27. The minimum Gasteiger partial charge on any atom is -0.365 e. The van der Waals surface area contributed by atoms with Gasteiger partial charge >= 0.3 is 0 Å². The van der Waals surface area contributed by atoms with E-state index in [0.717, 1.165) is 33.5 Å². The zero-order chi connectivity index (χ0) is 17.1. The molecule has 3 heterocycles. The first kappa shape index (κ1) is 15.5. The number of halogens is 1. The summed E-state index contributed by atoms with van der Waals surface area (Å²) in [6.07, 6.45) is 5.40. The molecule has 0 unspecified atom stereocenters. The van der Waals surface area contributed by atoms with Crippen molar-refractivity contribution in [3.05, 3.63) is 83.8 Å². The van der Waals surface area contributed by atoms with Crippen LogP contribution in [0.25, 0.3) is 22.2 Å². The first-order valence-electron chi connectivity index (χ1n) is 7.94. The summed E-state index contributed by atoms with van der Waals surface area (Å²) in [6, 6.07) is 17.5. The summed E-state index contributed by atoms with van der Waals surface area (Å²) in [7, 11) is 0. The van der Waals surface area contributed by atoms with Crippen molar-refractivity contribution in [2.45, 2.75) is 6.54 Å². The van der Waals surface area contributed by atoms with E-state index in [0.29, 0.717) is 11.6 Å². The van der Waals surface area contributed by atoms with E-state index >= 15 is 0 Å². The Bertz CT molecular complexity index is 1000. The molecule has 0 fully saturated rings. The van der Waals surface area contributed by atoms with Gasteiger partial charge in [0.1, 0.15) is 5.82 Å². The second-order valence-electron chi connectivity index (χ2n) is 5.65. The standard InChI is InChI=1S/C20H15ClN4/c21-16-7-5-15(6-8-16)18-11-19-17(4-2-10-23-19)20(25-18)24-13-14-3-1-9-22-12-14/h1-12H,13H2,(H,24,25). The lowest BCUT2D eigenvalue weighted by atomic mass is 10.1. The third-order valence-corrected chi connectivity index (χ3v) is 4.17. The van der Waals surface area contributed by atoms with Gasteiger partial charge in [-0.2, -0.15) is 0 Å². The monoisotopic (exact) mass is 346 g/mol. The van der Waals surface area contributed by atoms with Crippen LogP contribution in [0.5, 0.6) is 0 Å². The fraction of sp³-hybridized carbons (Fsp3) is 0.0500. The van der Waals surface area contributed by atoms with Crippen LogP contribution in [0.2, 0.25) is 5.02 Å². The molecule has 3 aromatic heterocycles. The normalized spacial score (nSPS) is 10.8. The van der Waals surface area contributed by atoms with Crippen molar-refractivity contribution in [3.8, 4) is 11.3 Å². The Morgan fingerprint density at radius 1 is 0.960 bits per heavy atom. The summed E-state index contributed by atoms with van der Waals surface area (Å²) < 4.78 is 0. The summed E-state index contributed by atoms with van der Waals surface area (Å²) in [5, 5.41) is 5.10. The molecule has 4 rings (SSSR count). The quantitative estimate of drug-likeness (QED) is 0.567. The molecule has 0 aliphatic heterocycles. The highest BCUT2D eigenvalue weighted by Crippen LogP contribution is 2.27. The van der Waals surface area contributed by atoms with Crippen molar-refractivity contribution in [2.24, 2.45) is 0 Å². The minimum absolute atomic E-state index is 0.648. The second kappa shape index (κ2) is 6.87. The highest BCUT2D eigenvalue weighted by Gasteiger charge is 2.08. The van der Waals surface area contributed by atoms with Crippen molar-refractivity contribution in [1.82, 2.24) is 15.0 Å². The fourth-order valence-corrected chi connectivity index (χ4v) is 2.79. The molecule has 0 saturated heterocycles. The largest absolute Gasteiger partial charge is 0.365 e. The first-order chi connectivity index (χ1) is 12.3. The van der Waals surface area contributed by atoms with Gasteiger partial charge in [-0.3, -0.25) is 9.97 Å². The highest BCUT2D eigenvalue weighted by atomic mass is 35.5. The molecule has 0 aliphatic rings. The van der Waals surface area contributed by atoms with Gasteiger partial charge in [0, 0.05) is 41.1 Å². The zero-order valence-electron chi connectivity index (χ0n) is 13.4. The number of fused-ring (bicyclic) bond motifs is 1. The maximum atomic E-state index is 5.99. The van der Waals surface area contributed by atoms with Crippen LogP contribution in [-0.4, -0.2) is 15.0 Å². The van der Waals surface area contributed by atoms with Crippen LogP contribution in [0, 0.1) is 0 Å².